The zero-order valence-corrected chi connectivity index (χ0v) is 20.8. The van der Waals surface area contributed by atoms with Crippen molar-refractivity contribution in [3.63, 3.8) is 0 Å². The summed E-state index contributed by atoms with van der Waals surface area (Å²) in [6.45, 7) is 0. The van der Waals surface area contributed by atoms with Crippen molar-refractivity contribution in [2.24, 2.45) is 9.98 Å². The standard InChI is InChI=1S/2C15H12N2O2/c2*1-17-14(19)13(11-5-3-2-4-6-11)16-15(17)9-7-12(18)8-10-15/h2*2-10H,1H3. The second kappa shape index (κ2) is 9.48. The molecule has 0 aromatic heterocycles. The number of carbonyl (C=O) groups is 4. The molecule has 2 aliphatic carbocycles. The number of ketones is 2. The Bertz CT molecular complexity index is 1370. The number of likely N-dealkylation sites (N-methyl/N-ethyl adjacent to an activating group) is 2. The highest BCUT2D eigenvalue weighted by molar-refractivity contribution is 6.47. The Balaban J connectivity index is 0.000000155. The molecule has 0 atom stereocenters. The van der Waals surface area contributed by atoms with E-state index in [2.05, 4.69) is 9.98 Å². The van der Waals surface area contributed by atoms with E-state index in [9.17, 15) is 19.2 Å². The van der Waals surface area contributed by atoms with Gasteiger partial charge in [0.05, 0.1) is 0 Å². The summed E-state index contributed by atoms with van der Waals surface area (Å²) in [5, 5.41) is 0. The van der Waals surface area contributed by atoms with Gasteiger partial charge in [0.1, 0.15) is 11.4 Å². The Labute approximate surface area is 219 Å². The number of benzene rings is 2. The number of aliphatic imine (C=N–C) groups is 2. The minimum absolute atomic E-state index is 0.0881. The summed E-state index contributed by atoms with van der Waals surface area (Å²) >= 11 is 0. The Kier molecular flexibility index (Phi) is 6.16. The summed E-state index contributed by atoms with van der Waals surface area (Å²) in [6.07, 6.45) is 12.4. The number of rotatable bonds is 2. The van der Waals surface area contributed by atoms with Crippen molar-refractivity contribution in [1.29, 1.82) is 0 Å². The zero-order chi connectivity index (χ0) is 26.9. The van der Waals surface area contributed by atoms with Gasteiger partial charge in [-0.1, -0.05) is 60.7 Å². The van der Waals surface area contributed by atoms with Gasteiger partial charge in [-0.25, -0.2) is 9.98 Å². The number of nitrogens with zero attached hydrogens (tertiary/aromatic N) is 4. The molecule has 2 heterocycles. The molecule has 0 N–H and O–H groups in total. The first-order valence-corrected chi connectivity index (χ1v) is 12.0. The second-order valence-corrected chi connectivity index (χ2v) is 9.09. The summed E-state index contributed by atoms with van der Waals surface area (Å²) in [5.41, 5.74) is 0.718. The van der Waals surface area contributed by atoms with Crippen molar-refractivity contribution in [2.45, 2.75) is 11.3 Å². The average molecular weight is 505 g/mol. The van der Waals surface area contributed by atoms with E-state index in [0.717, 1.165) is 11.1 Å². The van der Waals surface area contributed by atoms with E-state index in [4.69, 9.17) is 0 Å². The monoisotopic (exact) mass is 504 g/mol. The van der Waals surface area contributed by atoms with Gasteiger partial charge in [0.2, 0.25) is 0 Å². The van der Waals surface area contributed by atoms with Crippen LogP contribution in [0.1, 0.15) is 11.1 Å². The lowest BCUT2D eigenvalue weighted by Gasteiger charge is -2.28. The van der Waals surface area contributed by atoms with Crippen molar-refractivity contribution in [2.75, 3.05) is 14.1 Å². The molecule has 0 saturated heterocycles. The summed E-state index contributed by atoms with van der Waals surface area (Å²) in [7, 11) is 3.37. The highest BCUT2D eigenvalue weighted by Gasteiger charge is 2.43. The van der Waals surface area contributed by atoms with Gasteiger partial charge in [0, 0.05) is 25.2 Å². The van der Waals surface area contributed by atoms with Crippen molar-refractivity contribution in [3.05, 3.63) is 120 Å². The first-order chi connectivity index (χ1) is 18.2. The van der Waals surface area contributed by atoms with Crippen molar-refractivity contribution in [3.8, 4) is 0 Å². The van der Waals surface area contributed by atoms with Gasteiger partial charge < -0.3 is 9.80 Å². The fourth-order valence-corrected chi connectivity index (χ4v) is 4.45. The molecule has 2 spiro atoms. The molecule has 38 heavy (non-hydrogen) atoms. The van der Waals surface area contributed by atoms with Crippen LogP contribution in [0.5, 0.6) is 0 Å². The van der Waals surface area contributed by atoms with Crippen LogP contribution in [0.4, 0.5) is 0 Å². The van der Waals surface area contributed by atoms with Gasteiger partial charge >= 0.3 is 0 Å². The quantitative estimate of drug-likeness (QED) is 0.628. The summed E-state index contributed by atoms with van der Waals surface area (Å²) in [6, 6.07) is 18.7. The van der Waals surface area contributed by atoms with E-state index in [0.29, 0.717) is 11.4 Å². The largest absolute Gasteiger partial charge is 0.309 e. The molecular formula is C30H24N4O4. The van der Waals surface area contributed by atoms with Crippen LogP contribution in [0.25, 0.3) is 0 Å². The third-order valence-electron chi connectivity index (χ3n) is 6.74. The van der Waals surface area contributed by atoms with E-state index in [1.165, 1.54) is 34.1 Å². The molecule has 6 rings (SSSR count). The second-order valence-electron chi connectivity index (χ2n) is 9.09. The van der Waals surface area contributed by atoms with Crippen LogP contribution >= 0.6 is 0 Å². The van der Waals surface area contributed by atoms with Crippen LogP contribution in [-0.2, 0) is 19.2 Å². The Hall–Kier alpha value is -4.98. The molecule has 2 aliphatic heterocycles. The first-order valence-electron chi connectivity index (χ1n) is 12.0. The normalized spacial score (nSPS) is 20.3. The van der Waals surface area contributed by atoms with Crippen molar-refractivity contribution < 1.29 is 19.2 Å². The van der Waals surface area contributed by atoms with Crippen LogP contribution in [0.3, 0.4) is 0 Å². The van der Waals surface area contributed by atoms with Crippen LogP contribution in [-0.4, -0.2) is 70.0 Å². The predicted molar refractivity (Wildman–Crippen MR) is 144 cm³/mol. The van der Waals surface area contributed by atoms with Gasteiger partial charge in [-0.2, -0.15) is 0 Å². The highest BCUT2D eigenvalue weighted by atomic mass is 16.2. The van der Waals surface area contributed by atoms with Crippen LogP contribution in [0, 0.1) is 0 Å². The molecule has 2 aromatic carbocycles. The molecule has 0 unspecified atom stereocenters. The minimum atomic E-state index is -0.851. The van der Waals surface area contributed by atoms with Crippen molar-refractivity contribution >= 4 is 34.8 Å². The molecule has 0 radical (unpaired) electrons. The molecule has 8 heteroatoms. The number of carbonyl (C=O) groups excluding carboxylic acids is 4. The van der Waals surface area contributed by atoms with Crippen LogP contribution in [0.2, 0.25) is 0 Å². The average Bonchev–Trinajstić information content (AvgIpc) is 3.34. The maximum atomic E-state index is 12.3. The summed E-state index contributed by atoms with van der Waals surface area (Å²) in [5.74, 6) is -0.464. The third kappa shape index (κ3) is 4.26. The lowest BCUT2D eigenvalue weighted by atomic mass is 10.0. The van der Waals surface area contributed by atoms with E-state index >= 15 is 0 Å². The Morgan fingerprint density at radius 1 is 0.526 bits per heavy atom. The van der Waals surface area contributed by atoms with E-state index < -0.39 is 11.3 Å². The smallest absolute Gasteiger partial charge is 0.274 e. The Morgan fingerprint density at radius 2 is 0.842 bits per heavy atom. The molecule has 0 fully saturated rings. The van der Waals surface area contributed by atoms with E-state index in [-0.39, 0.29) is 23.4 Å². The maximum absolute atomic E-state index is 12.3. The fraction of sp³-hybridized carbons (Fsp3) is 0.133. The van der Waals surface area contributed by atoms with Gasteiger partial charge in [-0.3, -0.25) is 19.2 Å². The number of allylic oxidation sites excluding steroid dienone is 4. The SMILES string of the molecule is CN1C(=O)C(c2ccccc2)=NC12C=CC(=O)C=C2.CN1C(=O)C(c2ccccc2)=NC12C=CC(=O)C=C2. The highest BCUT2D eigenvalue weighted by Crippen LogP contribution is 2.31. The molecular weight excluding hydrogens is 480 g/mol. The predicted octanol–water partition coefficient (Wildman–Crippen LogP) is 2.68. The number of hydrogen-bond donors (Lipinski definition) is 0. The number of hydrogen-bond acceptors (Lipinski definition) is 6. The molecule has 188 valence electrons. The van der Waals surface area contributed by atoms with Gasteiger partial charge in [-0.15, -0.1) is 0 Å². The first kappa shape index (κ1) is 24.7. The molecule has 2 aromatic rings. The van der Waals surface area contributed by atoms with Gasteiger partial charge in [-0.05, 0) is 48.6 Å². The number of amides is 2. The lowest BCUT2D eigenvalue weighted by molar-refractivity contribution is -0.124. The third-order valence-corrected chi connectivity index (χ3v) is 6.74. The maximum Gasteiger partial charge on any atom is 0.274 e. The van der Waals surface area contributed by atoms with E-state index in [1.807, 2.05) is 60.7 Å². The summed E-state index contributed by atoms with van der Waals surface area (Å²) < 4.78 is 0. The van der Waals surface area contributed by atoms with E-state index in [1.54, 1.807) is 38.4 Å². The van der Waals surface area contributed by atoms with Crippen molar-refractivity contribution in [1.82, 2.24) is 9.80 Å². The van der Waals surface area contributed by atoms with Crippen LogP contribution in [0.15, 0.2) is 119 Å². The molecule has 4 aliphatic rings. The van der Waals surface area contributed by atoms with Crippen LogP contribution < -0.4 is 0 Å². The molecule has 0 saturated carbocycles. The minimum Gasteiger partial charge on any atom is -0.309 e. The molecule has 0 bridgehead atoms. The summed E-state index contributed by atoms with van der Waals surface area (Å²) in [4.78, 5) is 59.1. The lowest BCUT2D eigenvalue weighted by Crippen LogP contribution is -2.42. The molecule has 8 nitrogen and oxygen atoms in total. The topological polar surface area (TPSA) is 99.5 Å². The van der Waals surface area contributed by atoms with Gasteiger partial charge in [0.15, 0.2) is 22.9 Å². The Morgan fingerprint density at radius 3 is 1.16 bits per heavy atom. The van der Waals surface area contributed by atoms with Gasteiger partial charge in [0.25, 0.3) is 11.8 Å². The zero-order valence-electron chi connectivity index (χ0n) is 20.8. The fourth-order valence-electron chi connectivity index (χ4n) is 4.45. The molecule has 2 amide bonds.